The first-order valence-corrected chi connectivity index (χ1v) is 6.16. The van der Waals surface area contributed by atoms with Crippen molar-refractivity contribution in [3.05, 3.63) is 18.2 Å². The lowest BCUT2D eigenvalue weighted by Crippen LogP contribution is -2.39. The van der Waals surface area contributed by atoms with Crippen LogP contribution in [0.25, 0.3) is 0 Å². The zero-order valence-corrected chi connectivity index (χ0v) is 9.55. The van der Waals surface area contributed by atoms with Gasteiger partial charge in [0, 0.05) is 37.2 Å². The number of aromatic nitrogens is 2. The fraction of sp³-hybridized carbons (Fsp3) is 0.667. The lowest BCUT2D eigenvalue weighted by molar-refractivity contribution is 0.544. The molecule has 1 unspecified atom stereocenters. The van der Waals surface area contributed by atoms with Crippen LogP contribution >= 0.6 is 11.8 Å². The Morgan fingerprint density at radius 1 is 1.71 bits per heavy atom. The van der Waals surface area contributed by atoms with Gasteiger partial charge in [-0.05, 0) is 13.2 Å². The summed E-state index contributed by atoms with van der Waals surface area (Å²) in [5.41, 5.74) is 2.82. The number of nitrogens with zero attached hydrogens (tertiary/aromatic N) is 2. The molecule has 3 N–H and O–H groups in total. The molecule has 0 aromatic carbocycles. The van der Waals surface area contributed by atoms with Crippen LogP contribution in [0, 0.1) is 0 Å². The van der Waals surface area contributed by atoms with Gasteiger partial charge in [0.2, 0.25) is 0 Å². The number of thioether (sulfide) groups is 1. The third-order valence-corrected chi connectivity index (χ3v) is 2.91. The predicted octanol–water partition coefficient (Wildman–Crippen LogP) is 0.640. The number of hydrazine groups is 1. The van der Waals surface area contributed by atoms with Gasteiger partial charge < -0.3 is 4.57 Å². The Hall–Kier alpha value is -0.520. The summed E-state index contributed by atoms with van der Waals surface area (Å²) in [5.74, 6) is 7.57. The smallest absolute Gasteiger partial charge is 0.110 e. The van der Waals surface area contributed by atoms with Crippen molar-refractivity contribution in [2.24, 2.45) is 5.84 Å². The highest BCUT2D eigenvalue weighted by molar-refractivity contribution is 7.98. The van der Waals surface area contributed by atoms with Gasteiger partial charge >= 0.3 is 0 Å². The number of imidazole rings is 1. The molecule has 0 spiro atoms. The number of nitrogens with two attached hydrogens (primary N) is 1. The summed E-state index contributed by atoms with van der Waals surface area (Å²) in [6, 6.07) is 0.303. The zero-order chi connectivity index (χ0) is 10.4. The Balaban J connectivity index is 2.56. The highest BCUT2D eigenvalue weighted by atomic mass is 32.2. The van der Waals surface area contributed by atoms with E-state index in [2.05, 4.69) is 28.2 Å². The van der Waals surface area contributed by atoms with Gasteiger partial charge in [-0.2, -0.15) is 11.8 Å². The van der Waals surface area contributed by atoms with Crippen molar-refractivity contribution in [1.82, 2.24) is 15.0 Å². The fourth-order valence-corrected chi connectivity index (χ4v) is 2.02. The predicted molar refractivity (Wildman–Crippen MR) is 61.1 cm³/mol. The van der Waals surface area contributed by atoms with E-state index in [4.69, 9.17) is 5.84 Å². The van der Waals surface area contributed by atoms with Gasteiger partial charge in [-0.15, -0.1) is 0 Å². The largest absolute Gasteiger partial charge is 0.335 e. The number of rotatable bonds is 6. The Labute approximate surface area is 89.2 Å². The molecule has 1 aromatic heterocycles. The molecule has 1 rings (SSSR count). The maximum Gasteiger partial charge on any atom is 0.110 e. The van der Waals surface area contributed by atoms with Crippen molar-refractivity contribution >= 4 is 11.8 Å². The Morgan fingerprint density at radius 3 is 3.07 bits per heavy atom. The van der Waals surface area contributed by atoms with E-state index in [1.807, 2.05) is 12.4 Å². The van der Waals surface area contributed by atoms with Crippen LogP contribution in [0.2, 0.25) is 0 Å². The van der Waals surface area contributed by atoms with Crippen LogP contribution in [0.3, 0.4) is 0 Å². The van der Waals surface area contributed by atoms with Crippen LogP contribution in [0.15, 0.2) is 12.4 Å². The molecule has 0 radical (unpaired) electrons. The maximum atomic E-state index is 5.47. The number of hydrogen-bond acceptors (Lipinski definition) is 4. The van der Waals surface area contributed by atoms with Crippen LogP contribution in [0.1, 0.15) is 12.7 Å². The molecule has 1 atom stereocenters. The van der Waals surface area contributed by atoms with Gasteiger partial charge in [0.1, 0.15) is 5.82 Å². The summed E-state index contributed by atoms with van der Waals surface area (Å²) in [6.45, 7) is 3.08. The molecule has 0 bridgehead atoms. The lowest BCUT2D eigenvalue weighted by atomic mass is 10.2. The molecule has 0 saturated carbocycles. The quantitative estimate of drug-likeness (QED) is 0.539. The molecule has 1 heterocycles. The van der Waals surface area contributed by atoms with Crippen molar-refractivity contribution in [3.8, 4) is 0 Å². The second kappa shape index (κ2) is 6.06. The van der Waals surface area contributed by atoms with E-state index in [1.165, 1.54) is 0 Å². The first kappa shape index (κ1) is 11.6. The van der Waals surface area contributed by atoms with Gasteiger partial charge in [0.25, 0.3) is 0 Å². The minimum absolute atomic E-state index is 0.303. The van der Waals surface area contributed by atoms with Crippen LogP contribution in [-0.4, -0.2) is 27.6 Å². The first-order valence-electron chi connectivity index (χ1n) is 4.76. The second-order valence-corrected chi connectivity index (χ2v) is 4.06. The summed E-state index contributed by atoms with van der Waals surface area (Å²) < 4.78 is 2.14. The van der Waals surface area contributed by atoms with Crippen molar-refractivity contribution in [2.45, 2.75) is 25.9 Å². The molecule has 0 aliphatic heterocycles. The molecule has 5 heteroatoms. The van der Waals surface area contributed by atoms with Gasteiger partial charge in [-0.3, -0.25) is 11.3 Å². The van der Waals surface area contributed by atoms with Crippen molar-refractivity contribution < 1.29 is 0 Å². The van der Waals surface area contributed by atoms with E-state index in [1.54, 1.807) is 11.8 Å². The average Bonchev–Trinajstić information content (AvgIpc) is 2.64. The van der Waals surface area contributed by atoms with Gasteiger partial charge in [0.05, 0.1) is 0 Å². The molecule has 0 aliphatic rings. The molecule has 1 aromatic rings. The van der Waals surface area contributed by atoms with Crippen molar-refractivity contribution in [1.29, 1.82) is 0 Å². The molecule has 14 heavy (non-hydrogen) atoms. The minimum Gasteiger partial charge on any atom is -0.335 e. The van der Waals surface area contributed by atoms with E-state index in [-0.39, 0.29) is 0 Å². The molecular weight excluding hydrogens is 196 g/mol. The Kier molecular flexibility index (Phi) is 5.00. The molecule has 0 aliphatic carbocycles. The zero-order valence-electron chi connectivity index (χ0n) is 8.73. The van der Waals surface area contributed by atoms with Crippen LogP contribution in [0.4, 0.5) is 0 Å². The summed E-state index contributed by atoms with van der Waals surface area (Å²) in [7, 11) is 0. The van der Waals surface area contributed by atoms with Crippen LogP contribution in [0.5, 0.6) is 0 Å². The van der Waals surface area contributed by atoms with Gasteiger partial charge in [0.15, 0.2) is 0 Å². The highest BCUT2D eigenvalue weighted by Gasteiger charge is 2.10. The summed E-state index contributed by atoms with van der Waals surface area (Å²) in [5, 5.41) is 0. The Morgan fingerprint density at radius 2 is 2.50 bits per heavy atom. The van der Waals surface area contributed by atoms with E-state index < -0.39 is 0 Å². The third kappa shape index (κ3) is 3.01. The SMILES string of the molecule is CCn1ccnc1CC(CSC)NN. The summed E-state index contributed by atoms with van der Waals surface area (Å²) >= 11 is 1.79. The van der Waals surface area contributed by atoms with E-state index >= 15 is 0 Å². The number of aryl methyl sites for hydroxylation is 1. The lowest BCUT2D eigenvalue weighted by Gasteiger charge is -2.14. The number of hydrogen-bond donors (Lipinski definition) is 2. The van der Waals surface area contributed by atoms with Crippen molar-refractivity contribution in [3.63, 3.8) is 0 Å². The molecule has 0 fully saturated rings. The maximum absolute atomic E-state index is 5.47. The van der Waals surface area contributed by atoms with Crippen LogP contribution < -0.4 is 11.3 Å². The number of nitrogens with one attached hydrogen (secondary N) is 1. The van der Waals surface area contributed by atoms with Gasteiger partial charge in [-0.25, -0.2) is 4.98 Å². The summed E-state index contributed by atoms with van der Waals surface area (Å²) in [6.07, 6.45) is 6.81. The molecule has 0 amide bonds. The van der Waals surface area contributed by atoms with Crippen LogP contribution in [-0.2, 0) is 13.0 Å². The van der Waals surface area contributed by atoms with Gasteiger partial charge in [-0.1, -0.05) is 0 Å². The molecule has 0 saturated heterocycles. The fourth-order valence-electron chi connectivity index (χ4n) is 1.41. The average molecular weight is 214 g/mol. The summed E-state index contributed by atoms with van der Waals surface area (Å²) in [4.78, 5) is 4.32. The normalized spacial score (nSPS) is 13.1. The molecule has 80 valence electrons. The monoisotopic (exact) mass is 214 g/mol. The van der Waals surface area contributed by atoms with E-state index in [0.29, 0.717) is 6.04 Å². The highest BCUT2D eigenvalue weighted by Crippen LogP contribution is 2.05. The second-order valence-electron chi connectivity index (χ2n) is 3.15. The molecular formula is C9H18N4S. The third-order valence-electron chi connectivity index (χ3n) is 2.17. The topological polar surface area (TPSA) is 55.9 Å². The minimum atomic E-state index is 0.303. The van der Waals surface area contributed by atoms with Crippen molar-refractivity contribution in [2.75, 3.05) is 12.0 Å². The first-order chi connectivity index (χ1) is 6.81. The van der Waals surface area contributed by atoms with E-state index in [9.17, 15) is 0 Å². The standard InChI is InChI=1S/C9H18N4S/c1-3-13-5-4-11-9(13)6-8(12-10)7-14-2/h4-5,8,12H,3,6-7,10H2,1-2H3. The molecule has 4 nitrogen and oxygen atoms in total. The Bertz CT molecular complexity index is 261. The van der Waals surface area contributed by atoms with E-state index in [0.717, 1.165) is 24.5 Å².